The summed E-state index contributed by atoms with van der Waals surface area (Å²) in [4.78, 5) is 2.42. The molecular weight excluding hydrogens is 238 g/mol. The number of thiophene rings is 1. The molecule has 0 saturated carbocycles. The molecule has 1 aromatic rings. The van der Waals surface area contributed by atoms with E-state index in [2.05, 4.69) is 34.2 Å². The molecule has 68 valence electrons. The molecule has 12 heavy (non-hydrogen) atoms. The Bertz CT molecular complexity index is 238. The molecule has 2 nitrogen and oxygen atoms in total. The summed E-state index contributed by atoms with van der Waals surface area (Å²) < 4.78 is 1.12. The first kappa shape index (κ1) is 10.2. The maximum Gasteiger partial charge on any atom is 0.0647 e. The SMILES string of the molecule is CNC(CO)c1cc(Br)c(C)s1. The summed E-state index contributed by atoms with van der Waals surface area (Å²) in [6.07, 6.45) is 0. The lowest BCUT2D eigenvalue weighted by Crippen LogP contribution is -2.18. The van der Waals surface area contributed by atoms with E-state index in [1.54, 1.807) is 11.3 Å². The van der Waals surface area contributed by atoms with E-state index in [1.165, 1.54) is 9.75 Å². The van der Waals surface area contributed by atoms with Crippen LogP contribution in [0.1, 0.15) is 15.8 Å². The van der Waals surface area contributed by atoms with Gasteiger partial charge in [0.25, 0.3) is 0 Å². The van der Waals surface area contributed by atoms with Gasteiger partial charge < -0.3 is 10.4 Å². The molecule has 2 N–H and O–H groups in total. The molecule has 0 aromatic carbocycles. The van der Waals surface area contributed by atoms with Crippen molar-refractivity contribution in [1.82, 2.24) is 5.32 Å². The average Bonchev–Trinajstić information content (AvgIpc) is 2.35. The predicted molar refractivity (Wildman–Crippen MR) is 55.6 cm³/mol. The highest BCUT2D eigenvalue weighted by Gasteiger charge is 2.11. The van der Waals surface area contributed by atoms with Crippen LogP contribution in [0.2, 0.25) is 0 Å². The molecule has 0 radical (unpaired) electrons. The van der Waals surface area contributed by atoms with Crippen molar-refractivity contribution in [2.75, 3.05) is 13.7 Å². The van der Waals surface area contributed by atoms with Crippen LogP contribution in [0.3, 0.4) is 0 Å². The summed E-state index contributed by atoms with van der Waals surface area (Å²) in [5.41, 5.74) is 0. The van der Waals surface area contributed by atoms with Crippen LogP contribution in [0.15, 0.2) is 10.5 Å². The zero-order chi connectivity index (χ0) is 9.14. The van der Waals surface area contributed by atoms with Gasteiger partial charge in [0, 0.05) is 14.2 Å². The fraction of sp³-hybridized carbons (Fsp3) is 0.500. The third-order valence-electron chi connectivity index (χ3n) is 1.75. The lowest BCUT2D eigenvalue weighted by molar-refractivity contribution is 0.253. The minimum absolute atomic E-state index is 0.0694. The van der Waals surface area contributed by atoms with Gasteiger partial charge in [-0.25, -0.2) is 0 Å². The molecule has 0 fully saturated rings. The van der Waals surface area contributed by atoms with Crippen LogP contribution in [0.4, 0.5) is 0 Å². The number of aliphatic hydroxyl groups excluding tert-OH is 1. The molecule has 1 atom stereocenters. The first-order valence-corrected chi connectivity index (χ1v) is 5.34. The molecule has 0 bridgehead atoms. The normalized spacial score (nSPS) is 13.3. The summed E-state index contributed by atoms with van der Waals surface area (Å²) >= 11 is 5.15. The smallest absolute Gasteiger partial charge is 0.0647 e. The molecule has 1 unspecified atom stereocenters. The second-order valence-electron chi connectivity index (χ2n) is 2.58. The molecule has 0 spiro atoms. The van der Waals surface area contributed by atoms with Crippen molar-refractivity contribution in [2.45, 2.75) is 13.0 Å². The number of rotatable bonds is 3. The average molecular weight is 250 g/mol. The van der Waals surface area contributed by atoms with Crippen molar-refractivity contribution in [1.29, 1.82) is 0 Å². The number of hydrogen-bond donors (Lipinski definition) is 2. The largest absolute Gasteiger partial charge is 0.394 e. The van der Waals surface area contributed by atoms with Gasteiger partial charge in [0.05, 0.1) is 12.6 Å². The van der Waals surface area contributed by atoms with Crippen LogP contribution < -0.4 is 5.32 Å². The van der Waals surface area contributed by atoms with Gasteiger partial charge in [-0.05, 0) is 36.0 Å². The lowest BCUT2D eigenvalue weighted by atomic mass is 10.2. The summed E-state index contributed by atoms with van der Waals surface area (Å²) in [6.45, 7) is 2.20. The Balaban J connectivity index is 2.86. The maximum atomic E-state index is 9.01. The van der Waals surface area contributed by atoms with Crippen LogP contribution in [-0.4, -0.2) is 18.8 Å². The Morgan fingerprint density at radius 2 is 2.42 bits per heavy atom. The Morgan fingerprint density at radius 3 is 2.75 bits per heavy atom. The van der Waals surface area contributed by atoms with E-state index >= 15 is 0 Å². The van der Waals surface area contributed by atoms with Gasteiger partial charge in [-0.3, -0.25) is 0 Å². The molecule has 0 amide bonds. The third-order valence-corrected chi connectivity index (χ3v) is 4.00. The number of aliphatic hydroxyl groups is 1. The fourth-order valence-electron chi connectivity index (χ4n) is 0.977. The molecule has 1 aromatic heterocycles. The van der Waals surface area contributed by atoms with Crippen LogP contribution in [0, 0.1) is 6.92 Å². The van der Waals surface area contributed by atoms with E-state index in [-0.39, 0.29) is 12.6 Å². The van der Waals surface area contributed by atoms with Crippen LogP contribution in [0.5, 0.6) is 0 Å². The molecule has 1 heterocycles. The van der Waals surface area contributed by atoms with Crippen molar-refractivity contribution in [3.63, 3.8) is 0 Å². The van der Waals surface area contributed by atoms with Gasteiger partial charge in [-0.1, -0.05) is 0 Å². The van der Waals surface area contributed by atoms with Gasteiger partial charge in [-0.15, -0.1) is 11.3 Å². The number of hydrogen-bond acceptors (Lipinski definition) is 3. The second-order valence-corrected chi connectivity index (χ2v) is 4.72. The Morgan fingerprint density at radius 1 is 1.75 bits per heavy atom. The van der Waals surface area contributed by atoms with E-state index in [0.717, 1.165) is 4.47 Å². The molecule has 0 saturated heterocycles. The van der Waals surface area contributed by atoms with Gasteiger partial charge in [0.1, 0.15) is 0 Å². The van der Waals surface area contributed by atoms with Gasteiger partial charge >= 0.3 is 0 Å². The number of aryl methyl sites for hydroxylation is 1. The highest BCUT2D eigenvalue weighted by atomic mass is 79.9. The van der Waals surface area contributed by atoms with E-state index in [9.17, 15) is 0 Å². The summed E-state index contributed by atoms with van der Waals surface area (Å²) in [5.74, 6) is 0. The monoisotopic (exact) mass is 249 g/mol. The van der Waals surface area contributed by atoms with Crippen LogP contribution >= 0.6 is 27.3 Å². The Kier molecular flexibility index (Phi) is 3.71. The van der Waals surface area contributed by atoms with Crippen molar-refractivity contribution < 1.29 is 5.11 Å². The number of likely N-dealkylation sites (N-methyl/N-ethyl adjacent to an activating group) is 1. The zero-order valence-electron chi connectivity index (χ0n) is 7.10. The lowest BCUT2D eigenvalue weighted by Gasteiger charge is -2.09. The highest BCUT2D eigenvalue weighted by molar-refractivity contribution is 9.10. The Labute approximate surface area is 84.7 Å². The number of nitrogens with one attached hydrogen (secondary N) is 1. The van der Waals surface area contributed by atoms with E-state index < -0.39 is 0 Å². The summed E-state index contributed by atoms with van der Waals surface area (Å²) in [5, 5.41) is 12.1. The van der Waals surface area contributed by atoms with E-state index in [4.69, 9.17) is 5.11 Å². The quantitative estimate of drug-likeness (QED) is 0.860. The van der Waals surface area contributed by atoms with E-state index in [0.29, 0.717) is 0 Å². The van der Waals surface area contributed by atoms with Gasteiger partial charge in [0.2, 0.25) is 0 Å². The first-order valence-electron chi connectivity index (χ1n) is 3.73. The molecule has 0 aliphatic rings. The predicted octanol–water partition coefficient (Wildman–Crippen LogP) is 2.07. The highest BCUT2D eigenvalue weighted by Crippen LogP contribution is 2.30. The van der Waals surface area contributed by atoms with Crippen molar-refractivity contribution >= 4 is 27.3 Å². The summed E-state index contributed by atoms with van der Waals surface area (Å²) in [6, 6.07) is 2.12. The van der Waals surface area contributed by atoms with Gasteiger partial charge in [0.15, 0.2) is 0 Å². The Hall–Kier alpha value is 0.1000. The molecule has 4 heteroatoms. The number of halogens is 1. The second kappa shape index (κ2) is 4.37. The zero-order valence-corrected chi connectivity index (χ0v) is 9.50. The maximum absolute atomic E-state index is 9.01. The molecule has 0 aliphatic heterocycles. The van der Waals surface area contributed by atoms with Crippen molar-refractivity contribution in [3.8, 4) is 0 Å². The van der Waals surface area contributed by atoms with Crippen LogP contribution in [0.25, 0.3) is 0 Å². The van der Waals surface area contributed by atoms with Crippen molar-refractivity contribution in [3.05, 3.63) is 20.3 Å². The molecular formula is C8H12BrNOS. The third kappa shape index (κ3) is 2.07. The topological polar surface area (TPSA) is 32.3 Å². The molecule has 0 aliphatic carbocycles. The standard InChI is InChI=1S/C8H12BrNOS/c1-5-6(9)3-8(12-5)7(4-11)10-2/h3,7,10-11H,4H2,1-2H3. The first-order chi connectivity index (χ1) is 5.69. The van der Waals surface area contributed by atoms with Crippen molar-refractivity contribution in [2.24, 2.45) is 0 Å². The minimum atomic E-state index is 0.0694. The van der Waals surface area contributed by atoms with Gasteiger partial charge in [-0.2, -0.15) is 0 Å². The minimum Gasteiger partial charge on any atom is -0.394 e. The molecule has 1 rings (SSSR count). The van der Waals surface area contributed by atoms with E-state index in [1.807, 2.05) is 7.05 Å². The fourth-order valence-corrected chi connectivity index (χ4v) is 2.64. The summed E-state index contributed by atoms with van der Waals surface area (Å²) in [7, 11) is 1.85. The van der Waals surface area contributed by atoms with Crippen LogP contribution in [-0.2, 0) is 0 Å².